The van der Waals surface area contributed by atoms with Crippen LogP contribution in [0.15, 0.2) is 78.9 Å². The number of fused-ring (bicyclic) bond motifs is 4. The topological polar surface area (TPSA) is 96.8 Å². The van der Waals surface area contributed by atoms with Crippen LogP contribution < -0.4 is 4.74 Å². The summed E-state index contributed by atoms with van der Waals surface area (Å²) in [6.45, 7) is 0.281. The van der Waals surface area contributed by atoms with Gasteiger partial charge in [0.1, 0.15) is 6.10 Å². The van der Waals surface area contributed by atoms with Crippen LogP contribution in [0.5, 0.6) is 5.19 Å². The number of hydrogen-bond donors (Lipinski definition) is 1. The molecule has 4 aromatic rings. The molecule has 0 bridgehead atoms. The number of benzene rings is 3. The molecule has 1 aliphatic carbocycles. The van der Waals surface area contributed by atoms with Gasteiger partial charge in [-0.25, -0.2) is 4.98 Å². The van der Waals surface area contributed by atoms with Crippen molar-refractivity contribution in [2.45, 2.75) is 69.9 Å². The number of aliphatic carboxylic acids is 1. The van der Waals surface area contributed by atoms with Gasteiger partial charge in [-0.1, -0.05) is 90.9 Å². The molecule has 1 aromatic heterocycles. The molecule has 232 valence electrons. The Hall–Kier alpha value is -4.04. The number of allylic oxidation sites excluding steroid dienone is 2. The number of aromatic nitrogens is 1. The van der Waals surface area contributed by atoms with E-state index in [-0.39, 0.29) is 36.5 Å². The summed E-state index contributed by atoms with van der Waals surface area (Å²) in [6, 6.07) is 21.7. The lowest BCUT2D eigenvalue weighted by Crippen LogP contribution is -2.45. The minimum Gasteiger partial charge on any atom is -0.481 e. The van der Waals surface area contributed by atoms with Gasteiger partial charge in [0, 0.05) is 18.8 Å². The van der Waals surface area contributed by atoms with E-state index in [0.29, 0.717) is 24.5 Å². The molecule has 3 aliphatic rings. The van der Waals surface area contributed by atoms with Gasteiger partial charge < -0.3 is 14.7 Å². The van der Waals surface area contributed by atoms with Crippen molar-refractivity contribution >= 4 is 50.0 Å². The van der Waals surface area contributed by atoms with Gasteiger partial charge in [0.2, 0.25) is 5.91 Å². The van der Waals surface area contributed by atoms with Gasteiger partial charge in [0.25, 0.3) is 5.19 Å². The Kier molecular flexibility index (Phi) is 8.17. The van der Waals surface area contributed by atoms with Crippen LogP contribution in [0.2, 0.25) is 0 Å². The molecule has 0 spiro atoms. The van der Waals surface area contributed by atoms with Crippen molar-refractivity contribution in [3.8, 4) is 5.19 Å². The van der Waals surface area contributed by atoms with Gasteiger partial charge >= 0.3 is 5.97 Å². The summed E-state index contributed by atoms with van der Waals surface area (Å²) in [5.41, 5.74) is 0.867. The molecule has 2 aliphatic heterocycles. The van der Waals surface area contributed by atoms with Crippen molar-refractivity contribution < 1.29 is 24.2 Å². The number of nitrogens with zero attached hydrogens (tertiary/aromatic N) is 2. The summed E-state index contributed by atoms with van der Waals surface area (Å²) in [7, 11) is 0. The summed E-state index contributed by atoms with van der Waals surface area (Å²) in [6.07, 6.45) is 9.50. The van der Waals surface area contributed by atoms with Gasteiger partial charge in [-0.15, -0.1) is 0 Å². The van der Waals surface area contributed by atoms with Crippen LogP contribution in [-0.2, 0) is 20.8 Å². The van der Waals surface area contributed by atoms with E-state index in [9.17, 15) is 19.5 Å². The van der Waals surface area contributed by atoms with E-state index in [1.165, 1.54) is 11.3 Å². The Balaban J connectivity index is 1.18. The van der Waals surface area contributed by atoms with E-state index < -0.39 is 23.5 Å². The first-order valence-electron chi connectivity index (χ1n) is 16.1. The van der Waals surface area contributed by atoms with E-state index in [1.807, 2.05) is 42.5 Å². The second kappa shape index (κ2) is 12.4. The summed E-state index contributed by atoms with van der Waals surface area (Å²) in [4.78, 5) is 47.3. The molecule has 1 saturated heterocycles. The molecule has 1 N–H and O–H groups in total. The third kappa shape index (κ3) is 6.12. The number of hydrogen-bond acceptors (Lipinski definition) is 6. The average Bonchev–Trinajstić information content (AvgIpc) is 3.35. The average molecular weight is 623 g/mol. The smallest absolute Gasteiger partial charge is 0.310 e. The van der Waals surface area contributed by atoms with Crippen LogP contribution in [-0.4, -0.2) is 51.3 Å². The number of rotatable bonds is 5. The number of ketones is 1. The SMILES string of the molecule is O=C1C[C@]2(C(=O)O)C[C@@H]2/C=C\CCCCC[C@H](Cc2ccc3ccccc3c2)C(=O)N2C[C@H](Oc3nc4ccccc4s3)C[C@@H]12. The number of thiazole rings is 1. The second-order valence-corrected chi connectivity index (χ2v) is 14.0. The number of Topliss-reactive ketones (excluding diaryl/α,β-unsaturated/α-hetero) is 1. The Labute approximate surface area is 266 Å². The maximum absolute atomic E-state index is 14.5. The summed E-state index contributed by atoms with van der Waals surface area (Å²) >= 11 is 1.45. The Morgan fingerprint density at radius 3 is 2.69 bits per heavy atom. The lowest BCUT2D eigenvalue weighted by Gasteiger charge is -2.29. The van der Waals surface area contributed by atoms with Gasteiger partial charge in [-0.2, -0.15) is 0 Å². The van der Waals surface area contributed by atoms with E-state index in [4.69, 9.17) is 4.74 Å². The Bertz CT molecular complexity index is 1750. The number of carboxylic acids is 1. The zero-order valence-corrected chi connectivity index (χ0v) is 26.1. The monoisotopic (exact) mass is 622 g/mol. The molecule has 3 aromatic carbocycles. The fourth-order valence-electron chi connectivity index (χ4n) is 7.30. The second-order valence-electron chi connectivity index (χ2n) is 13.0. The lowest BCUT2D eigenvalue weighted by molar-refractivity contribution is -0.147. The van der Waals surface area contributed by atoms with Crippen molar-refractivity contribution in [2.75, 3.05) is 6.54 Å². The van der Waals surface area contributed by atoms with E-state index in [1.54, 1.807) is 4.90 Å². The molecule has 2 fully saturated rings. The molecule has 0 radical (unpaired) electrons. The zero-order chi connectivity index (χ0) is 31.0. The third-order valence-corrected chi connectivity index (χ3v) is 10.9. The summed E-state index contributed by atoms with van der Waals surface area (Å²) in [5.74, 6) is -1.59. The molecule has 1 saturated carbocycles. The van der Waals surface area contributed by atoms with Crippen molar-refractivity contribution in [3.05, 3.63) is 84.4 Å². The highest BCUT2D eigenvalue weighted by Crippen LogP contribution is 2.57. The van der Waals surface area contributed by atoms with E-state index in [2.05, 4.69) is 41.4 Å². The Morgan fingerprint density at radius 2 is 1.84 bits per heavy atom. The quantitative estimate of drug-likeness (QED) is 0.236. The number of carboxylic acid groups (broad SMARTS) is 1. The first-order valence-corrected chi connectivity index (χ1v) is 16.9. The summed E-state index contributed by atoms with van der Waals surface area (Å²) < 4.78 is 7.36. The normalized spacial score (nSPS) is 28.2. The molecule has 3 heterocycles. The predicted molar refractivity (Wildman–Crippen MR) is 175 cm³/mol. The number of para-hydroxylation sites is 1. The van der Waals surface area contributed by atoms with Crippen LogP contribution in [0.1, 0.15) is 56.9 Å². The van der Waals surface area contributed by atoms with Crippen molar-refractivity contribution in [1.29, 1.82) is 0 Å². The highest BCUT2D eigenvalue weighted by molar-refractivity contribution is 7.20. The summed E-state index contributed by atoms with van der Waals surface area (Å²) in [5, 5.41) is 13.0. The highest BCUT2D eigenvalue weighted by Gasteiger charge is 2.61. The van der Waals surface area contributed by atoms with Crippen LogP contribution in [0.4, 0.5) is 0 Å². The highest BCUT2D eigenvalue weighted by atomic mass is 32.1. The molecule has 0 unspecified atom stereocenters. The molecule has 5 atom stereocenters. The minimum absolute atomic E-state index is 0.0402. The maximum atomic E-state index is 14.5. The number of carbonyl (C=O) groups excluding carboxylic acids is 2. The molecular formula is C37H38N2O5S. The van der Waals surface area contributed by atoms with Crippen molar-refractivity contribution in [3.63, 3.8) is 0 Å². The molecule has 7 nitrogen and oxygen atoms in total. The first-order chi connectivity index (χ1) is 21.9. The van der Waals surface area contributed by atoms with Gasteiger partial charge in [0.15, 0.2) is 5.78 Å². The third-order valence-electron chi connectivity index (χ3n) is 9.95. The van der Waals surface area contributed by atoms with Crippen molar-refractivity contribution in [2.24, 2.45) is 17.3 Å². The molecule has 7 rings (SSSR count). The molecular weight excluding hydrogens is 584 g/mol. The van der Waals surface area contributed by atoms with Gasteiger partial charge in [-0.3, -0.25) is 14.4 Å². The Morgan fingerprint density at radius 1 is 1.02 bits per heavy atom. The van der Waals surface area contributed by atoms with Crippen LogP contribution >= 0.6 is 11.3 Å². The predicted octanol–water partition coefficient (Wildman–Crippen LogP) is 7.23. The minimum atomic E-state index is -1.08. The first kappa shape index (κ1) is 29.7. The largest absolute Gasteiger partial charge is 0.481 e. The van der Waals surface area contributed by atoms with Gasteiger partial charge in [-0.05, 0) is 66.5 Å². The van der Waals surface area contributed by atoms with Crippen molar-refractivity contribution in [1.82, 2.24) is 9.88 Å². The van der Waals surface area contributed by atoms with Crippen LogP contribution in [0.3, 0.4) is 0 Å². The molecule has 8 heteroatoms. The van der Waals surface area contributed by atoms with Gasteiger partial charge in [0.05, 0.1) is 28.2 Å². The van der Waals surface area contributed by atoms with Crippen LogP contribution in [0, 0.1) is 17.3 Å². The number of carbonyl (C=O) groups is 3. The van der Waals surface area contributed by atoms with E-state index in [0.717, 1.165) is 58.7 Å². The lowest BCUT2D eigenvalue weighted by atomic mass is 9.90. The molecule has 45 heavy (non-hydrogen) atoms. The van der Waals surface area contributed by atoms with Crippen LogP contribution in [0.25, 0.3) is 21.0 Å². The number of ether oxygens (including phenoxy) is 1. The fraction of sp³-hybridized carbons (Fsp3) is 0.405. The molecule has 1 amide bonds. The standard InChI is InChI=1S/C37H38N2O5S/c40-32-22-37(35(42)43)21-28(37)13-5-3-1-2-4-12-27(19-24-16-17-25-10-6-7-11-26(25)18-24)34(41)39-23-29(20-31(32)39)44-36-38-30-14-8-9-15-33(30)45-36/h5-11,13-18,27-29,31H,1-4,12,19-23H2,(H,42,43)/b13-5-/t27-,28+,29-,31+,37-/m1/s1. The zero-order valence-electron chi connectivity index (χ0n) is 25.3. The fourth-order valence-corrected chi connectivity index (χ4v) is 8.18. The number of amides is 1. The van der Waals surface area contributed by atoms with E-state index >= 15 is 0 Å². The maximum Gasteiger partial charge on any atom is 0.310 e.